The van der Waals surface area contributed by atoms with E-state index in [1.807, 2.05) is 11.3 Å². The Labute approximate surface area is 299 Å². The molecule has 10 aromatic carbocycles. The Kier molecular flexibility index (Phi) is 6.22. The van der Waals surface area contributed by atoms with E-state index in [0.29, 0.717) is 0 Å². The molecule has 0 radical (unpaired) electrons. The maximum atomic E-state index is 2.41. The maximum absolute atomic E-state index is 2.41. The first kappa shape index (κ1) is 28.5. The summed E-state index contributed by atoms with van der Waals surface area (Å²) in [7, 11) is 0. The zero-order valence-electron chi connectivity index (χ0n) is 27.7. The number of thiophene rings is 1. The van der Waals surface area contributed by atoms with Crippen LogP contribution in [0.2, 0.25) is 0 Å². The first-order valence-electron chi connectivity index (χ1n) is 17.6. The molecule has 0 aliphatic carbocycles. The minimum atomic E-state index is 1.24. The average Bonchev–Trinajstić information content (AvgIpc) is 3.59. The molecule has 11 rings (SSSR count). The smallest absolute Gasteiger partial charge is 0.0440 e. The number of fused-ring (bicyclic) bond motifs is 11. The molecule has 1 heterocycles. The van der Waals surface area contributed by atoms with Crippen LogP contribution < -0.4 is 0 Å². The van der Waals surface area contributed by atoms with Gasteiger partial charge in [-0.15, -0.1) is 11.3 Å². The molecule has 0 amide bonds. The molecule has 1 heteroatoms. The molecule has 0 atom stereocenters. The van der Waals surface area contributed by atoms with Crippen LogP contribution in [0.4, 0.5) is 0 Å². The summed E-state index contributed by atoms with van der Waals surface area (Å²) in [6.07, 6.45) is 0. The number of rotatable bonds is 3. The van der Waals surface area contributed by atoms with Crippen LogP contribution in [0.3, 0.4) is 0 Å². The van der Waals surface area contributed by atoms with Crippen LogP contribution in [0, 0.1) is 0 Å². The van der Waals surface area contributed by atoms with E-state index in [2.05, 4.69) is 182 Å². The largest absolute Gasteiger partial charge is 0.135 e. The fraction of sp³-hybridized carbons (Fsp3) is 0. The molecule has 0 spiro atoms. The van der Waals surface area contributed by atoms with Crippen LogP contribution in [0.25, 0.3) is 107 Å². The second-order valence-corrected chi connectivity index (χ2v) is 14.6. The van der Waals surface area contributed by atoms with Gasteiger partial charge in [0.2, 0.25) is 0 Å². The first-order valence-corrected chi connectivity index (χ1v) is 18.4. The summed E-state index contributed by atoms with van der Waals surface area (Å²) in [4.78, 5) is 0. The highest BCUT2D eigenvalue weighted by molar-refractivity contribution is 7.27. The van der Waals surface area contributed by atoms with Gasteiger partial charge in [-0.25, -0.2) is 0 Å². The first-order chi connectivity index (χ1) is 25.3. The third-order valence-corrected chi connectivity index (χ3v) is 12.0. The molecule has 0 saturated heterocycles. The molecule has 51 heavy (non-hydrogen) atoms. The van der Waals surface area contributed by atoms with Gasteiger partial charge in [-0.1, -0.05) is 158 Å². The molecule has 1 aromatic heterocycles. The summed E-state index contributed by atoms with van der Waals surface area (Å²) < 4.78 is 2.71. The van der Waals surface area contributed by atoms with Gasteiger partial charge in [0.25, 0.3) is 0 Å². The van der Waals surface area contributed by atoms with Gasteiger partial charge in [-0.3, -0.25) is 0 Å². The van der Waals surface area contributed by atoms with Crippen molar-refractivity contribution in [2.45, 2.75) is 0 Å². The third-order valence-electron chi connectivity index (χ3n) is 10.8. The molecule has 11 aromatic rings. The second kappa shape index (κ2) is 11.1. The summed E-state index contributed by atoms with van der Waals surface area (Å²) in [5.41, 5.74) is 7.57. The quantitative estimate of drug-likeness (QED) is 0.130. The Balaban J connectivity index is 1.07. The zero-order valence-corrected chi connectivity index (χ0v) is 28.5. The Hall–Kier alpha value is -6.28. The second-order valence-electron chi connectivity index (χ2n) is 13.6. The third kappa shape index (κ3) is 4.32. The van der Waals surface area contributed by atoms with E-state index in [0.717, 1.165) is 0 Å². The highest BCUT2D eigenvalue weighted by Gasteiger charge is 2.18. The Morgan fingerprint density at radius 1 is 0.275 bits per heavy atom. The summed E-state index contributed by atoms with van der Waals surface area (Å²) >= 11 is 1.91. The van der Waals surface area contributed by atoms with Crippen molar-refractivity contribution >= 4 is 85.4 Å². The van der Waals surface area contributed by atoms with Crippen LogP contribution in [-0.4, -0.2) is 0 Å². The van der Waals surface area contributed by atoms with Crippen LogP contribution in [0.1, 0.15) is 0 Å². The SMILES string of the molecule is c1ccc(-c2c3ccccc3c(-c3ccc4cc(-c5ccc6sc7c8ccccc8c8ccccc8c7c6c5)ccc4c3)c3ccccc23)cc1. The van der Waals surface area contributed by atoms with E-state index < -0.39 is 0 Å². The minimum absolute atomic E-state index is 1.24. The summed E-state index contributed by atoms with van der Waals surface area (Å²) in [6, 6.07) is 67.3. The Morgan fingerprint density at radius 2 is 0.725 bits per heavy atom. The topological polar surface area (TPSA) is 0 Å². The predicted molar refractivity (Wildman–Crippen MR) is 223 cm³/mol. The van der Waals surface area contributed by atoms with Crippen molar-refractivity contribution in [3.63, 3.8) is 0 Å². The monoisotopic (exact) mass is 662 g/mol. The molecule has 0 nitrogen and oxygen atoms in total. The van der Waals surface area contributed by atoms with Gasteiger partial charge < -0.3 is 0 Å². The van der Waals surface area contributed by atoms with Crippen LogP contribution >= 0.6 is 11.3 Å². The van der Waals surface area contributed by atoms with Gasteiger partial charge in [0.1, 0.15) is 0 Å². The molecule has 0 unspecified atom stereocenters. The minimum Gasteiger partial charge on any atom is -0.135 e. The van der Waals surface area contributed by atoms with Crippen molar-refractivity contribution in [2.24, 2.45) is 0 Å². The van der Waals surface area contributed by atoms with Crippen molar-refractivity contribution in [2.75, 3.05) is 0 Å². The standard InChI is InChI=1S/C50H30S/c1-2-12-31(13-3-1)47-40-17-7-9-19-42(40)48(43-20-10-8-18-41(43)47)36-25-24-32-28-33(22-23-34(32)29-36)35-26-27-46-45(30-35)49-39-16-6-4-14-37(39)38-15-5-11-21-44(38)50(49)51-46/h1-30H. The van der Waals surface area contributed by atoms with E-state index in [-0.39, 0.29) is 0 Å². The highest BCUT2D eigenvalue weighted by Crippen LogP contribution is 2.46. The van der Waals surface area contributed by atoms with Crippen molar-refractivity contribution in [3.8, 4) is 33.4 Å². The predicted octanol–water partition coefficient (Wildman–Crippen LogP) is 14.8. The molecule has 0 fully saturated rings. The zero-order chi connectivity index (χ0) is 33.5. The fourth-order valence-corrected chi connectivity index (χ4v) is 9.76. The van der Waals surface area contributed by atoms with Crippen LogP contribution in [0.15, 0.2) is 182 Å². The summed E-state index contributed by atoms with van der Waals surface area (Å²) in [5.74, 6) is 0. The molecule has 0 aliphatic heterocycles. The van der Waals surface area contributed by atoms with E-state index in [4.69, 9.17) is 0 Å². The molecule has 0 saturated carbocycles. The Bertz CT molecular complexity index is 3130. The summed E-state index contributed by atoms with van der Waals surface area (Å²) in [6.45, 7) is 0. The summed E-state index contributed by atoms with van der Waals surface area (Å²) in [5, 5.41) is 15.6. The van der Waals surface area contributed by atoms with E-state index in [1.165, 1.54) is 107 Å². The molecular formula is C50H30S. The number of benzene rings is 10. The maximum Gasteiger partial charge on any atom is 0.0440 e. The van der Waals surface area contributed by atoms with Gasteiger partial charge in [-0.2, -0.15) is 0 Å². The molecule has 236 valence electrons. The molecular weight excluding hydrogens is 633 g/mol. The number of hydrogen-bond acceptors (Lipinski definition) is 1. The van der Waals surface area contributed by atoms with Gasteiger partial charge in [0.15, 0.2) is 0 Å². The van der Waals surface area contributed by atoms with Crippen LogP contribution in [0.5, 0.6) is 0 Å². The normalized spacial score (nSPS) is 11.9. The molecule has 0 bridgehead atoms. The average molecular weight is 663 g/mol. The van der Waals surface area contributed by atoms with Crippen molar-refractivity contribution in [3.05, 3.63) is 182 Å². The fourth-order valence-electron chi connectivity index (χ4n) is 8.52. The lowest BCUT2D eigenvalue weighted by Crippen LogP contribution is -1.90. The van der Waals surface area contributed by atoms with Gasteiger partial charge in [-0.05, 0) is 106 Å². The van der Waals surface area contributed by atoms with E-state index >= 15 is 0 Å². The van der Waals surface area contributed by atoms with Gasteiger partial charge >= 0.3 is 0 Å². The van der Waals surface area contributed by atoms with Crippen molar-refractivity contribution in [1.29, 1.82) is 0 Å². The lowest BCUT2D eigenvalue weighted by Gasteiger charge is -2.18. The van der Waals surface area contributed by atoms with Crippen molar-refractivity contribution in [1.82, 2.24) is 0 Å². The number of hydrogen-bond donors (Lipinski definition) is 0. The lowest BCUT2D eigenvalue weighted by atomic mass is 9.85. The van der Waals surface area contributed by atoms with E-state index in [9.17, 15) is 0 Å². The van der Waals surface area contributed by atoms with Crippen LogP contribution in [-0.2, 0) is 0 Å². The molecule has 0 aliphatic rings. The lowest BCUT2D eigenvalue weighted by molar-refractivity contribution is 1.66. The molecule has 0 N–H and O–H groups in total. The van der Waals surface area contributed by atoms with Crippen molar-refractivity contribution < 1.29 is 0 Å². The highest BCUT2D eigenvalue weighted by atomic mass is 32.1. The van der Waals surface area contributed by atoms with Gasteiger partial charge in [0, 0.05) is 25.6 Å². The Morgan fingerprint density at radius 3 is 1.37 bits per heavy atom. The van der Waals surface area contributed by atoms with Gasteiger partial charge in [0.05, 0.1) is 0 Å². The van der Waals surface area contributed by atoms with E-state index in [1.54, 1.807) is 0 Å².